The van der Waals surface area contributed by atoms with Gasteiger partial charge in [-0.05, 0) is 25.7 Å². The average Bonchev–Trinajstić information content (AvgIpc) is 3.47. The van der Waals surface area contributed by atoms with Crippen molar-refractivity contribution in [1.29, 1.82) is 0 Å². The smallest absolute Gasteiger partial charge is 0.305 e. The van der Waals surface area contributed by atoms with E-state index in [4.69, 9.17) is 4.74 Å². The predicted molar refractivity (Wildman–Crippen MR) is 357 cm³/mol. The van der Waals surface area contributed by atoms with Crippen LogP contribution >= 0.6 is 0 Å². The third-order valence-corrected chi connectivity index (χ3v) is 18.2. The Labute approximate surface area is 508 Å². The normalized spacial score (nSPS) is 12.4. The number of rotatable bonds is 72. The van der Waals surface area contributed by atoms with Crippen LogP contribution in [0.5, 0.6) is 0 Å². The average molecular weight is 1150 g/mol. The van der Waals surface area contributed by atoms with Gasteiger partial charge in [0.25, 0.3) is 0 Å². The summed E-state index contributed by atoms with van der Waals surface area (Å²) >= 11 is 0. The minimum absolute atomic E-state index is 0.0250. The summed E-state index contributed by atoms with van der Waals surface area (Å²) in [5, 5.41) is 23.4. The van der Waals surface area contributed by atoms with Gasteiger partial charge in [0.15, 0.2) is 0 Å². The number of unbranched alkanes of at least 4 members (excludes halogenated alkanes) is 61. The SMILES string of the molecule is CCCCCCCCCCCCCCCCCCCCC(O)C(CO)NC(=O)CCCCCCCCCCCCCCCCCCCCCCCCCCCCCCCCOC(=O)CCCCCCCCCCCCCCCCCC. The lowest BCUT2D eigenvalue weighted by molar-refractivity contribution is -0.143. The van der Waals surface area contributed by atoms with Crippen molar-refractivity contribution in [2.45, 2.75) is 456 Å². The Hall–Kier alpha value is -1.14. The highest BCUT2D eigenvalue weighted by atomic mass is 16.5. The molecule has 0 aromatic carbocycles. The third kappa shape index (κ3) is 67.9. The number of hydrogen-bond acceptors (Lipinski definition) is 5. The van der Waals surface area contributed by atoms with E-state index < -0.39 is 12.1 Å². The minimum atomic E-state index is -0.661. The van der Waals surface area contributed by atoms with E-state index >= 15 is 0 Å². The second-order valence-corrected chi connectivity index (χ2v) is 26.4. The van der Waals surface area contributed by atoms with Crippen LogP contribution in [0.3, 0.4) is 0 Å². The Balaban J connectivity index is 3.31. The van der Waals surface area contributed by atoms with Crippen molar-refractivity contribution in [2.24, 2.45) is 0 Å². The number of ether oxygens (including phenoxy) is 1. The topological polar surface area (TPSA) is 95.9 Å². The molecule has 2 unspecified atom stereocenters. The molecule has 0 aromatic heterocycles. The molecule has 0 bridgehead atoms. The molecule has 0 aromatic rings. The van der Waals surface area contributed by atoms with Crippen LogP contribution in [-0.4, -0.2) is 47.4 Å². The highest BCUT2D eigenvalue weighted by molar-refractivity contribution is 5.76. The number of carbonyl (C=O) groups is 2. The Kier molecular flexibility index (Phi) is 70.3. The zero-order valence-corrected chi connectivity index (χ0v) is 55.6. The van der Waals surface area contributed by atoms with E-state index in [1.165, 1.54) is 372 Å². The predicted octanol–water partition coefficient (Wildman–Crippen LogP) is 24.5. The summed E-state index contributed by atoms with van der Waals surface area (Å²) in [5.41, 5.74) is 0. The van der Waals surface area contributed by atoms with Gasteiger partial charge in [-0.25, -0.2) is 0 Å². The highest BCUT2D eigenvalue weighted by Gasteiger charge is 2.20. The fraction of sp³-hybridized carbons (Fsp3) is 0.973. The molecule has 6 heteroatoms. The summed E-state index contributed by atoms with van der Waals surface area (Å²) in [7, 11) is 0. The minimum Gasteiger partial charge on any atom is -0.466 e. The van der Waals surface area contributed by atoms with Crippen molar-refractivity contribution < 1.29 is 24.5 Å². The Morgan fingerprint density at radius 3 is 0.753 bits per heavy atom. The number of aliphatic hydroxyl groups is 2. The van der Waals surface area contributed by atoms with Crippen LogP contribution in [0.4, 0.5) is 0 Å². The van der Waals surface area contributed by atoms with Crippen molar-refractivity contribution in [2.75, 3.05) is 13.2 Å². The van der Waals surface area contributed by atoms with Crippen molar-refractivity contribution in [1.82, 2.24) is 5.32 Å². The second kappa shape index (κ2) is 71.3. The first-order valence-corrected chi connectivity index (χ1v) is 37.8. The number of esters is 1. The van der Waals surface area contributed by atoms with E-state index in [-0.39, 0.29) is 18.5 Å². The molecule has 0 rings (SSSR count). The molecule has 0 heterocycles. The van der Waals surface area contributed by atoms with E-state index in [2.05, 4.69) is 19.2 Å². The molecule has 0 saturated carbocycles. The summed E-state index contributed by atoms with van der Waals surface area (Å²) < 4.78 is 5.51. The van der Waals surface area contributed by atoms with Gasteiger partial charge in [0.2, 0.25) is 5.91 Å². The van der Waals surface area contributed by atoms with Crippen LogP contribution in [0.25, 0.3) is 0 Å². The molecule has 0 aliphatic rings. The third-order valence-electron chi connectivity index (χ3n) is 18.2. The first-order valence-electron chi connectivity index (χ1n) is 37.8. The van der Waals surface area contributed by atoms with E-state index in [0.29, 0.717) is 25.9 Å². The van der Waals surface area contributed by atoms with Crippen molar-refractivity contribution in [3.63, 3.8) is 0 Å². The van der Waals surface area contributed by atoms with Crippen LogP contribution < -0.4 is 5.32 Å². The summed E-state index contributed by atoms with van der Waals surface area (Å²) in [5.74, 6) is -0.000933. The summed E-state index contributed by atoms with van der Waals surface area (Å²) in [6, 6.07) is -0.538. The molecule has 2 atom stereocenters. The van der Waals surface area contributed by atoms with Gasteiger partial charge in [0.1, 0.15) is 0 Å². The fourth-order valence-electron chi connectivity index (χ4n) is 12.4. The quantitative estimate of drug-likeness (QED) is 0.0417. The number of hydrogen-bond donors (Lipinski definition) is 3. The first-order chi connectivity index (χ1) is 40.0. The Bertz CT molecular complexity index is 1180. The van der Waals surface area contributed by atoms with Gasteiger partial charge in [0.05, 0.1) is 25.4 Å². The van der Waals surface area contributed by atoms with Crippen molar-refractivity contribution >= 4 is 11.9 Å². The van der Waals surface area contributed by atoms with Crippen molar-refractivity contribution in [3.05, 3.63) is 0 Å². The van der Waals surface area contributed by atoms with E-state index in [0.717, 1.165) is 38.5 Å². The maximum atomic E-state index is 12.5. The zero-order valence-electron chi connectivity index (χ0n) is 55.6. The molecule has 1 amide bonds. The molecule has 81 heavy (non-hydrogen) atoms. The fourth-order valence-corrected chi connectivity index (χ4v) is 12.4. The molecule has 3 N–H and O–H groups in total. The molecule has 0 fully saturated rings. The van der Waals surface area contributed by atoms with Gasteiger partial charge in [-0.1, -0.05) is 406 Å². The van der Waals surface area contributed by atoms with Crippen LogP contribution in [0.15, 0.2) is 0 Å². The maximum absolute atomic E-state index is 12.5. The molecule has 484 valence electrons. The van der Waals surface area contributed by atoms with Gasteiger partial charge in [0, 0.05) is 12.8 Å². The van der Waals surface area contributed by atoms with Crippen LogP contribution in [0.1, 0.15) is 444 Å². The summed E-state index contributed by atoms with van der Waals surface area (Å²) in [6.45, 7) is 5.01. The van der Waals surface area contributed by atoms with Gasteiger partial charge >= 0.3 is 5.97 Å². The van der Waals surface area contributed by atoms with Crippen LogP contribution in [0.2, 0.25) is 0 Å². The number of aliphatic hydroxyl groups excluding tert-OH is 2. The largest absolute Gasteiger partial charge is 0.466 e. The Morgan fingerprint density at radius 1 is 0.296 bits per heavy atom. The van der Waals surface area contributed by atoms with Gasteiger partial charge in [-0.3, -0.25) is 9.59 Å². The standard InChI is InChI=1S/C75H149NO5/c1-3-5-7-9-11-13-15-17-19-21-36-39-43-47-51-55-59-63-67-73(78)72(71-77)76-74(79)68-64-60-56-52-48-44-40-37-34-32-30-28-26-24-22-23-25-27-29-31-33-35-38-42-46-50-54-58-62-66-70-81-75(80)69-65-61-57-53-49-45-41-20-18-16-14-12-10-8-6-4-2/h72-73,77-78H,3-71H2,1-2H3,(H,76,79). The van der Waals surface area contributed by atoms with E-state index in [1.54, 1.807) is 0 Å². The van der Waals surface area contributed by atoms with Gasteiger partial charge in [-0.2, -0.15) is 0 Å². The number of nitrogens with one attached hydrogen (secondary N) is 1. The summed E-state index contributed by atoms with van der Waals surface area (Å²) in [6.07, 6.45) is 87.5. The molecule has 0 spiro atoms. The molecule has 0 aliphatic carbocycles. The van der Waals surface area contributed by atoms with Crippen LogP contribution in [-0.2, 0) is 14.3 Å². The second-order valence-electron chi connectivity index (χ2n) is 26.4. The van der Waals surface area contributed by atoms with E-state index in [1.807, 2.05) is 0 Å². The number of carbonyl (C=O) groups excluding carboxylic acids is 2. The molecular formula is C75H149NO5. The van der Waals surface area contributed by atoms with E-state index in [9.17, 15) is 19.8 Å². The lowest BCUT2D eigenvalue weighted by Crippen LogP contribution is -2.45. The molecule has 6 nitrogen and oxygen atoms in total. The monoisotopic (exact) mass is 1140 g/mol. The van der Waals surface area contributed by atoms with Gasteiger partial charge < -0.3 is 20.3 Å². The summed E-state index contributed by atoms with van der Waals surface area (Å²) in [4.78, 5) is 24.6. The first kappa shape index (κ1) is 79.9. The molecular weight excluding hydrogens is 995 g/mol. The molecule has 0 aliphatic heterocycles. The lowest BCUT2D eigenvalue weighted by Gasteiger charge is -2.22. The maximum Gasteiger partial charge on any atom is 0.305 e. The van der Waals surface area contributed by atoms with Crippen molar-refractivity contribution in [3.8, 4) is 0 Å². The lowest BCUT2D eigenvalue weighted by atomic mass is 10.0. The molecule has 0 radical (unpaired) electrons. The van der Waals surface area contributed by atoms with Gasteiger partial charge in [-0.15, -0.1) is 0 Å². The Morgan fingerprint density at radius 2 is 0.506 bits per heavy atom. The van der Waals surface area contributed by atoms with Crippen LogP contribution in [0, 0.1) is 0 Å². The number of amides is 1. The highest BCUT2D eigenvalue weighted by Crippen LogP contribution is 2.20. The molecule has 0 saturated heterocycles. The zero-order chi connectivity index (χ0) is 58.5.